The summed E-state index contributed by atoms with van der Waals surface area (Å²) in [6.07, 6.45) is 12.0. The molecule has 1 aliphatic carbocycles. The lowest BCUT2D eigenvalue weighted by atomic mass is 9.92. The molecule has 226 valence electrons. The molecular weight excluding hydrogens is 542 g/mol. The Hall–Kier alpha value is -4.36. The van der Waals surface area contributed by atoms with Gasteiger partial charge >= 0.3 is 11.9 Å². The first-order chi connectivity index (χ1) is 21.0. The van der Waals surface area contributed by atoms with Gasteiger partial charge in [0.15, 0.2) is 0 Å². The van der Waals surface area contributed by atoms with E-state index in [2.05, 4.69) is 59.5 Å². The number of rotatable bonds is 16. The average Bonchev–Trinajstić information content (AvgIpc) is 3.05. The summed E-state index contributed by atoms with van der Waals surface area (Å²) in [5, 5.41) is 9.08. The molecule has 43 heavy (non-hydrogen) atoms. The lowest BCUT2D eigenvalue weighted by Gasteiger charge is -2.24. The molecule has 1 atom stereocenters. The standard InChI is InChI=1S/C36H41NO6/c1-41-34-24-31(36(40)42-2)19-20-32(34)25-37(22-9-8-14-35(38)39)23-21-30-12-6-7-13-33(30)43-26-27-15-17-29(18-16-27)28-10-4-3-5-11-28/h3-7,10,12-13,15-20,24,28H,8-9,11,14,21-23,25-26H2,1-2H3,(H,38,39). The summed E-state index contributed by atoms with van der Waals surface area (Å²) in [6, 6.07) is 22.1. The number of aliphatic carboxylic acids is 1. The Bertz CT molecular complexity index is 1410. The Labute approximate surface area is 254 Å². The van der Waals surface area contributed by atoms with Gasteiger partial charge in [0.2, 0.25) is 0 Å². The van der Waals surface area contributed by atoms with Crippen molar-refractivity contribution in [3.05, 3.63) is 119 Å². The van der Waals surface area contributed by atoms with E-state index in [0.717, 1.165) is 54.8 Å². The van der Waals surface area contributed by atoms with Crippen molar-refractivity contribution < 1.29 is 28.9 Å². The smallest absolute Gasteiger partial charge is 0.337 e. The van der Waals surface area contributed by atoms with Gasteiger partial charge in [-0.2, -0.15) is 0 Å². The van der Waals surface area contributed by atoms with Gasteiger partial charge in [0.25, 0.3) is 0 Å². The maximum Gasteiger partial charge on any atom is 0.337 e. The van der Waals surface area contributed by atoms with Crippen LogP contribution in [0.1, 0.15) is 64.2 Å². The van der Waals surface area contributed by atoms with Gasteiger partial charge in [0, 0.05) is 31.0 Å². The predicted octanol–water partition coefficient (Wildman–Crippen LogP) is 6.96. The first kappa shape index (κ1) is 31.6. The van der Waals surface area contributed by atoms with Crippen LogP contribution >= 0.6 is 0 Å². The number of benzene rings is 3. The van der Waals surface area contributed by atoms with Crippen molar-refractivity contribution in [3.63, 3.8) is 0 Å². The molecule has 0 saturated carbocycles. The van der Waals surface area contributed by atoms with Crippen molar-refractivity contribution in [2.45, 2.75) is 51.2 Å². The van der Waals surface area contributed by atoms with Gasteiger partial charge in [0.1, 0.15) is 18.1 Å². The number of hydrogen-bond acceptors (Lipinski definition) is 6. The molecule has 0 bridgehead atoms. The summed E-state index contributed by atoms with van der Waals surface area (Å²) in [4.78, 5) is 25.3. The van der Waals surface area contributed by atoms with Crippen LogP contribution in [0.2, 0.25) is 0 Å². The van der Waals surface area contributed by atoms with Crippen LogP contribution in [0.3, 0.4) is 0 Å². The molecule has 7 heteroatoms. The minimum Gasteiger partial charge on any atom is -0.496 e. The number of esters is 1. The van der Waals surface area contributed by atoms with Gasteiger partial charge in [-0.1, -0.05) is 72.8 Å². The average molecular weight is 584 g/mol. The van der Waals surface area contributed by atoms with E-state index < -0.39 is 11.9 Å². The fourth-order valence-corrected chi connectivity index (χ4v) is 5.22. The molecule has 3 aromatic rings. The molecule has 0 spiro atoms. The monoisotopic (exact) mass is 583 g/mol. The normalized spacial score (nSPS) is 14.1. The van der Waals surface area contributed by atoms with Gasteiger partial charge < -0.3 is 19.3 Å². The maximum absolute atomic E-state index is 12.0. The lowest BCUT2D eigenvalue weighted by Crippen LogP contribution is -2.27. The molecule has 4 rings (SSSR count). The number of carboxylic acids is 1. The molecule has 0 saturated heterocycles. The summed E-state index contributed by atoms with van der Waals surface area (Å²) in [5.74, 6) is 0.706. The van der Waals surface area contributed by atoms with Crippen molar-refractivity contribution in [1.29, 1.82) is 0 Å². The zero-order valence-electron chi connectivity index (χ0n) is 25.0. The number of ether oxygens (including phenoxy) is 3. The third-order valence-electron chi connectivity index (χ3n) is 7.67. The first-order valence-electron chi connectivity index (χ1n) is 14.8. The third kappa shape index (κ3) is 9.58. The van der Waals surface area contributed by atoms with Crippen LogP contribution < -0.4 is 9.47 Å². The number of hydrogen-bond donors (Lipinski definition) is 1. The largest absolute Gasteiger partial charge is 0.496 e. The van der Waals surface area contributed by atoms with E-state index in [-0.39, 0.29) is 6.42 Å². The van der Waals surface area contributed by atoms with Crippen molar-refractivity contribution in [3.8, 4) is 11.5 Å². The second kappa shape index (κ2) is 16.3. The highest BCUT2D eigenvalue weighted by atomic mass is 16.5. The lowest BCUT2D eigenvalue weighted by molar-refractivity contribution is -0.137. The number of methoxy groups -OCH3 is 2. The molecule has 3 aromatic carbocycles. The number of carbonyl (C=O) groups excluding carboxylic acids is 1. The zero-order chi connectivity index (χ0) is 30.4. The first-order valence-corrected chi connectivity index (χ1v) is 14.8. The van der Waals surface area contributed by atoms with Gasteiger partial charge in [0.05, 0.1) is 19.8 Å². The van der Waals surface area contributed by atoms with Crippen LogP contribution in [0.15, 0.2) is 91.0 Å². The Balaban J connectivity index is 1.40. The molecule has 0 heterocycles. The van der Waals surface area contributed by atoms with E-state index in [1.54, 1.807) is 19.2 Å². The van der Waals surface area contributed by atoms with E-state index in [1.807, 2.05) is 24.3 Å². The van der Waals surface area contributed by atoms with Crippen molar-refractivity contribution in [2.75, 3.05) is 27.3 Å². The Morgan fingerprint density at radius 3 is 2.44 bits per heavy atom. The molecular formula is C36H41NO6. The van der Waals surface area contributed by atoms with Gasteiger partial charge in [-0.3, -0.25) is 9.69 Å². The summed E-state index contributed by atoms with van der Waals surface area (Å²) in [6.45, 7) is 2.56. The second-order valence-corrected chi connectivity index (χ2v) is 10.7. The van der Waals surface area contributed by atoms with Crippen LogP contribution in [0.25, 0.3) is 0 Å². The molecule has 1 N–H and O–H groups in total. The highest BCUT2D eigenvalue weighted by Crippen LogP contribution is 2.27. The van der Waals surface area contributed by atoms with Gasteiger partial charge in [-0.05, 0) is 67.1 Å². The fourth-order valence-electron chi connectivity index (χ4n) is 5.22. The van der Waals surface area contributed by atoms with Crippen LogP contribution in [-0.2, 0) is 29.1 Å². The van der Waals surface area contributed by atoms with E-state index in [0.29, 0.717) is 36.8 Å². The highest BCUT2D eigenvalue weighted by Gasteiger charge is 2.15. The van der Waals surface area contributed by atoms with Crippen molar-refractivity contribution in [2.24, 2.45) is 0 Å². The molecule has 1 aliphatic rings. The molecule has 0 radical (unpaired) electrons. The summed E-state index contributed by atoms with van der Waals surface area (Å²) in [7, 11) is 2.94. The second-order valence-electron chi connectivity index (χ2n) is 10.7. The molecule has 0 aromatic heterocycles. The van der Waals surface area contributed by atoms with E-state index in [1.165, 1.54) is 12.7 Å². The Kier molecular flexibility index (Phi) is 12.0. The molecule has 7 nitrogen and oxygen atoms in total. The number of carbonyl (C=O) groups is 2. The topological polar surface area (TPSA) is 85.3 Å². The molecule has 0 fully saturated rings. The van der Waals surface area contributed by atoms with Crippen LogP contribution in [0.5, 0.6) is 11.5 Å². The van der Waals surface area contributed by atoms with Gasteiger partial charge in [-0.15, -0.1) is 0 Å². The van der Waals surface area contributed by atoms with Crippen molar-refractivity contribution >= 4 is 11.9 Å². The SMILES string of the molecule is COC(=O)c1ccc(CN(CCCCC(=O)O)CCc2ccccc2OCc2ccc(C3C=CC=CC3)cc2)c(OC)c1. The number of nitrogens with zero attached hydrogens (tertiary/aromatic N) is 1. The van der Waals surface area contributed by atoms with Crippen LogP contribution in [-0.4, -0.2) is 49.3 Å². The molecule has 0 amide bonds. The number of carboxylic acid groups (broad SMARTS) is 1. The van der Waals surface area contributed by atoms with Gasteiger partial charge in [-0.25, -0.2) is 4.79 Å². The summed E-state index contributed by atoms with van der Waals surface area (Å²) in [5.41, 5.74) is 4.92. The minimum atomic E-state index is -0.782. The predicted molar refractivity (Wildman–Crippen MR) is 168 cm³/mol. The number of unbranched alkanes of at least 4 members (excludes halogenated alkanes) is 1. The molecule has 1 unspecified atom stereocenters. The minimum absolute atomic E-state index is 0.150. The quantitative estimate of drug-likeness (QED) is 0.144. The third-order valence-corrected chi connectivity index (χ3v) is 7.67. The number of para-hydroxylation sites is 1. The van der Waals surface area contributed by atoms with Crippen LogP contribution in [0.4, 0.5) is 0 Å². The Morgan fingerprint density at radius 1 is 0.907 bits per heavy atom. The highest BCUT2D eigenvalue weighted by molar-refractivity contribution is 5.89. The van der Waals surface area contributed by atoms with E-state index >= 15 is 0 Å². The number of allylic oxidation sites excluding steroid dienone is 4. The van der Waals surface area contributed by atoms with E-state index in [4.69, 9.17) is 19.3 Å². The summed E-state index contributed by atoms with van der Waals surface area (Å²) >= 11 is 0. The fraction of sp³-hybridized carbons (Fsp3) is 0.333. The summed E-state index contributed by atoms with van der Waals surface area (Å²) < 4.78 is 16.7. The van der Waals surface area contributed by atoms with E-state index in [9.17, 15) is 9.59 Å². The molecule has 0 aliphatic heterocycles. The maximum atomic E-state index is 12.0. The van der Waals surface area contributed by atoms with Crippen LogP contribution in [0, 0.1) is 0 Å². The Morgan fingerprint density at radius 2 is 1.72 bits per heavy atom. The zero-order valence-corrected chi connectivity index (χ0v) is 25.0. The van der Waals surface area contributed by atoms with Crippen molar-refractivity contribution in [1.82, 2.24) is 4.90 Å².